The van der Waals surface area contributed by atoms with Crippen LogP contribution in [-0.2, 0) is 17.6 Å². The zero-order valence-corrected chi connectivity index (χ0v) is 22.9. The molecule has 0 unspecified atom stereocenters. The van der Waals surface area contributed by atoms with Crippen molar-refractivity contribution in [3.63, 3.8) is 0 Å². The number of aromatic amines is 1. The van der Waals surface area contributed by atoms with Gasteiger partial charge >= 0.3 is 0 Å². The Bertz CT molecular complexity index is 1380. The Hall–Kier alpha value is -3.28. The van der Waals surface area contributed by atoms with Gasteiger partial charge in [0, 0.05) is 54.6 Å². The molecular formula is C27H31BrN6O4. The minimum atomic E-state index is -0.429. The summed E-state index contributed by atoms with van der Waals surface area (Å²) in [4.78, 5) is 32.8. The van der Waals surface area contributed by atoms with E-state index in [1.165, 1.54) is 0 Å². The Morgan fingerprint density at radius 2 is 2.00 bits per heavy atom. The Labute approximate surface area is 229 Å². The highest BCUT2D eigenvalue weighted by Crippen LogP contribution is 2.40. The van der Waals surface area contributed by atoms with E-state index in [1.807, 2.05) is 18.2 Å². The number of likely N-dealkylation sites (N-methyl/N-ethyl adjacent to an activating group) is 1. The van der Waals surface area contributed by atoms with Crippen molar-refractivity contribution in [1.82, 2.24) is 20.1 Å². The van der Waals surface area contributed by atoms with Crippen LogP contribution in [0.2, 0.25) is 0 Å². The van der Waals surface area contributed by atoms with Gasteiger partial charge in [-0.1, -0.05) is 12.1 Å². The highest BCUT2D eigenvalue weighted by atomic mass is 79.9. The summed E-state index contributed by atoms with van der Waals surface area (Å²) < 4.78 is 6.07. The smallest absolute Gasteiger partial charge is 0.269 e. The van der Waals surface area contributed by atoms with Crippen LogP contribution in [0, 0.1) is 0 Å². The standard InChI is InChI=1S/C27H31BrN6O4/c1-33-8-10-34(11-9-33)7-2-6-29-26(36)19-15-20(28)24-21(16-19)30-27(37)25(24)32-31-23(35)14-17-3-4-22-18(13-17)5-12-38-22/h3-4,13,15-16,30,37H,2,5-12,14H2,1H3,(H,29,36). The van der Waals surface area contributed by atoms with Crippen LogP contribution in [0.25, 0.3) is 10.9 Å². The molecule has 0 saturated carbocycles. The molecule has 2 aliphatic heterocycles. The molecule has 2 aromatic carbocycles. The number of aromatic hydroxyl groups is 1. The fraction of sp³-hybridized carbons (Fsp3) is 0.407. The fourth-order valence-corrected chi connectivity index (χ4v) is 5.47. The molecule has 0 atom stereocenters. The van der Waals surface area contributed by atoms with Gasteiger partial charge in [0.2, 0.25) is 5.88 Å². The minimum absolute atomic E-state index is 0.0974. The maximum absolute atomic E-state index is 12.8. The number of piperazine rings is 1. The quantitative estimate of drug-likeness (QED) is 0.274. The summed E-state index contributed by atoms with van der Waals surface area (Å²) >= 11 is 3.49. The lowest BCUT2D eigenvalue weighted by Crippen LogP contribution is -2.45. The molecule has 3 N–H and O–H groups in total. The van der Waals surface area contributed by atoms with Crippen LogP contribution >= 0.6 is 15.9 Å². The third-order valence-corrected chi connectivity index (χ3v) is 7.60. The van der Waals surface area contributed by atoms with Gasteiger partial charge in [0.15, 0.2) is 5.69 Å². The number of azo groups is 1. The van der Waals surface area contributed by atoms with Crippen LogP contribution in [-0.4, -0.2) is 84.6 Å². The minimum Gasteiger partial charge on any atom is -0.493 e. The molecule has 0 spiro atoms. The molecular weight excluding hydrogens is 552 g/mol. The largest absolute Gasteiger partial charge is 0.493 e. The zero-order valence-electron chi connectivity index (χ0n) is 21.3. The maximum atomic E-state index is 12.8. The van der Waals surface area contributed by atoms with Crippen molar-refractivity contribution in [3.8, 4) is 11.6 Å². The number of hydrogen-bond donors (Lipinski definition) is 3. The molecule has 2 aliphatic rings. The fourth-order valence-electron chi connectivity index (χ4n) is 4.82. The van der Waals surface area contributed by atoms with Gasteiger partial charge in [-0.15, -0.1) is 10.2 Å². The van der Waals surface area contributed by atoms with Crippen LogP contribution in [0.1, 0.15) is 27.9 Å². The number of halogens is 1. The predicted molar refractivity (Wildman–Crippen MR) is 147 cm³/mol. The van der Waals surface area contributed by atoms with Crippen LogP contribution < -0.4 is 10.1 Å². The Balaban J connectivity index is 1.20. The van der Waals surface area contributed by atoms with E-state index in [0.717, 1.165) is 62.4 Å². The lowest BCUT2D eigenvalue weighted by Gasteiger charge is -2.32. The average molecular weight is 583 g/mol. The van der Waals surface area contributed by atoms with Crippen molar-refractivity contribution in [2.24, 2.45) is 10.2 Å². The summed E-state index contributed by atoms with van der Waals surface area (Å²) in [5.41, 5.74) is 3.02. The third-order valence-electron chi connectivity index (χ3n) is 6.97. The van der Waals surface area contributed by atoms with Crippen molar-refractivity contribution >= 4 is 44.3 Å². The molecule has 1 aromatic heterocycles. The summed E-state index contributed by atoms with van der Waals surface area (Å²) in [5, 5.41) is 21.8. The Kier molecular flexibility index (Phi) is 8.06. The second-order valence-electron chi connectivity index (χ2n) is 9.77. The van der Waals surface area contributed by atoms with Crippen molar-refractivity contribution < 1.29 is 19.4 Å². The zero-order chi connectivity index (χ0) is 26.6. The van der Waals surface area contributed by atoms with Crippen LogP contribution in [0.4, 0.5) is 5.69 Å². The summed E-state index contributed by atoms with van der Waals surface area (Å²) in [5.74, 6) is 0.00578. The molecule has 38 heavy (non-hydrogen) atoms. The van der Waals surface area contributed by atoms with Crippen molar-refractivity contribution in [3.05, 3.63) is 51.5 Å². The van der Waals surface area contributed by atoms with Gasteiger partial charge in [-0.05, 0) is 65.3 Å². The number of amides is 2. The summed E-state index contributed by atoms with van der Waals surface area (Å²) in [6, 6.07) is 9.00. The normalized spacial score (nSPS) is 16.2. The van der Waals surface area contributed by atoms with E-state index >= 15 is 0 Å². The first-order chi connectivity index (χ1) is 18.4. The van der Waals surface area contributed by atoms with Crippen LogP contribution in [0.5, 0.6) is 11.6 Å². The van der Waals surface area contributed by atoms with Gasteiger partial charge < -0.3 is 29.9 Å². The van der Waals surface area contributed by atoms with Crippen LogP contribution in [0.15, 0.2) is 45.0 Å². The number of aromatic nitrogens is 1. The molecule has 11 heteroatoms. The average Bonchev–Trinajstić information content (AvgIpc) is 3.49. The summed E-state index contributed by atoms with van der Waals surface area (Å²) in [7, 11) is 2.13. The highest BCUT2D eigenvalue weighted by molar-refractivity contribution is 9.10. The first-order valence-corrected chi connectivity index (χ1v) is 13.6. The van der Waals surface area contributed by atoms with Crippen LogP contribution in [0.3, 0.4) is 0 Å². The number of carbonyl (C=O) groups excluding carboxylic acids is 2. The number of rotatable bonds is 8. The molecule has 10 nitrogen and oxygen atoms in total. The molecule has 0 bridgehead atoms. The third kappa shape index (κ3) is 6.06. The molecule has 0 aliphatic carbocycles. The van der Waals surface area contributed by atoms with Gasteiger partial charge in [0.05, 0.1) is 18.5 Å². The number of fused-ring (bicyclic) bond motifs is 2. The van der Waals surface area contributed by atoms with Crippen molar-refractivity contribution in [2.75, 3.05) is 52.9 Å². The van der Waals surface area contributed by atoms with E-state index in [1.54, 1.807) is 12.1 Å². The second kappa shape index (κ2) is 11.6. The molecule has 200 valence electrons. The molecule has 5 rings (SSSR count). The molecule has 0 radical (unpaired) electrons. The van der Waals surface area contributed by atoms with E-state index < -0.39 is 5.91 Å². The van der Waals surface area contributed by atoms with E-state index in [2.05, 4.69) is 53.3 Å². The monoisotopic (exact) mass is 582 g/mol. The Morgan fingerprint density at radius 1 is 1.18 bits per heavy atom. The van der Waals surface area contributed by atoms with Gasteiger partial charge in [-0.2, -0.15) is 0 Å². The SMILES string of the molecule is CN1CCN(CCCNC(=O)c2cc(Br)c3c(N=NC(=O)Cc4ccc5c(c4)CCO5)c(O)[nH]c3c2)CC1. The van der Waals surface area contributed by atoms with Gasteiger partial charge in [0.25, 0.3) is 11.8 Å². The number of H-pyrrole nitrogens is 1. The Morgan fingerprint density at radius 3 is 2.82 bits per heavy atom. The van der Waals surface area contributed by atoms with E-state index in [4.69, 9.17) is 4.74 Å². The molecule has 2 amide bonds. The molecule has 3 heterocycles. The van der Waals surface area contributed by atoms with E-state index in [-0.39, 0.29) is 23.9 Å². The lowest BCUT2D eigenvalue weighted by atomic mass is 10.1. The number of nitrogens with one attached hydrogen (secondary N) is 2. The second-order valence-corrected chi connectivity index (χ2v) is 10.6. The lowest BCUT2D eigenvalue weighted by molar-refractivity contribution is -0.117. The highest BCUT2D eigenvalue weighted by Gasteiger charge is 2.19. The van der Waals surface area contributed by atoms with Crippen molar-refractivity contribution in [2.45, 2.75) is 19.3 Å². The molecule has 1 fully saturated rings. The van der Waals surface area contributed by atoms with E-state index in [0.29, 0.717) is 34.1 Å². The predicted octanol–water partition coefficient (Wildman–Crippen LogP) is 3.79. The first kappa shape index (κ1) is 26.3. The first-order valence-electron chi connectivity index (χ1n) is 12.8. The number of benzene rings is 2. The summed E-state index contributed by atoms with van der Waals surface area (Å²) in [6.07, 6.45) is 1.80. The topological polar surface area (TPSA) is 123 Å². The number of nitrogens with zero attached hydrogens (tertiary/aromatic N) is 4. The van der Waals surface area contributed by atoms with Gasteiger partial charge in [0.1, 0.15) is 5.75 Å². The maximum Gasteiger partial charge on any atom is 0.269 e. The number of carbonyl (C=O) groups is 2. The van der Waals surface area contributed by atoms with Gasteiger partial charge in [-0.25, -0.2) is 0 Å². The van der Waals surface area contributed by atoms with E-state index in [9.17, 15) is 14.7 Å². The number of ether oxygens (including phenoxy) is 1. The van der Waals surface area contributed by atoms with Crippen molar-refractivity contribution in [1.29, 1.82) is 0 Å². The van der Waals surface area contributed by atoms with Gasteiger partial charge in [-0.3, -0.25) is 9.59 Å². The number of hydrogen-bond acceptors (Lipinski definition) is 7. The molecule has 3 aromatic rings. The summed E-state index contributed by atoms with van der Waals surface area (Å²) in [6.45, 7) is 6.44. The molecule has 1 saturated heterocycles.